The molecule has 3 rings (SSSR count). The SMILES string of the molecule is CCc1nc(Cl)c(C)c(N2c3ccccc3CCC2C)n1. The Morgan fingerprint density at radius 2 is 2.05 bits per heavy atom. The third-order valence-corrected chi connectivity index (χ3v) is 4.54. The molecule has 1 aromatic carbocycles. The molecule has 1 aliphatic heterocycles. The number of hydrogen-bond donors (Lipinski definition) is 0. The van der Waals surface area contributed by atoms with Crippen LogP contribution in [0.1, 0.15) is 37.2 Å². The van der Waals surface area contributed by atoms with E-state index in [0.717, 1.165) is 36.5 Å². The minimum atomic E-state index is 0.411. The first kappa shape index (κ1) is 14.3. The van der Waals surface area contributed by atoms with Gasteiger partial charge in [0.15, 0.2) is 0 Å². The van der Waals surface area contributed by atoms with E-state index in [1.165, 1.54) is 11.3 Å². The molecule has 0 N–H and O–H groups in total. The quantitative estimate of drug-likeness (QED) is 0.766. The molecule has 4 heteroatoms. The molecule has 21 heavy (non-hydrogen) atoms. The molecule has 0 amide bonds. The van der Waals surface area contributed by atoms with Gasteiger partial charge in [0, 0.05) is 23.7 Å². The van der Waals surface area contributed by atoms with Gasteiger partial charge >= 0.3 is 0 Å². The normalized spacial score (nSPS) is 17.7. The predicted molar refractivity (Wildman–Crippen MR) is 87.5 cm³/mol. The summed E-state index contributed by atoms with van der Waals surface area (Å²) >= 11 is 6.31. The van der Waals surface area contributed by atoms with Crippen LogP contribution in [0.3, 0.4) is 0 Å². The molecule has 0 radical (unpaired) electrons. The van der Waals surface area contributed by atoms with E-state index in [1.807, 2.05) is 6.92 Å². The highest BCUT2D eigenvalue weighted by Crippen LogP contribution is 2.38. The van der Waals surface area contributed by atoms with E-state index in [2.05, 4.69) is 48.0 Å². The summed E-state index contributed by atoms with van der Waals surface area (Å²) < 4.78 is 0. The summed E-state index contributed by atoms with van der Waals surface area (Å²) in [5.74, 6) is 1.75. The molecule has 0 aliphatic carbocycles. The number of para-hydroxylation sites is 1. The van der Waals surface area contributed by atoms with Crippen molar-refractivity contribution in [2.24, 2.45) is 0 Å². The van der Waals surface area contributed by atoms with Crippen molar-refractivity contribution >= 4 is 23.1 Å². The van der Waals surface area contributed by atoms with Crippen LogP contribution in [0.2, 0.25) is 5.15 Å². The Morgan fingerprint density at radius 1 is 1.29 bits per heavy atom. The van der Waals surface area contributed by atoms with Gasteiger partial charge in [0.1, 0.15) is 16.8 Å². The summed E-state index contributed by atoms with van der Waals surface area (Å²) in [6.07, 6.45) is 3.03. The van der Waals surface area contributed by atoms with Crippen LogP contribution in [-0.2, 0) is 12.8 Å². The molecular formula is C17H20ClN3. The van der Waals surface area contributed by atoms with E-state index in [9.17, 15) is 0 Å². The molecule has 110 valence electrons. The number of nitrogens with zero attached hydrogens (tertiary/aromatic N) is 3. The summed E-state index contributed by atoms with van der Waals surface area (Å²) in [4.78, 5) is 11.4. The minimum Gasteiger partial charge on any atom is -0.323 e. The monoisotopic (exact) mass is 301 g/mol. The smallest absolute Gasteiger partial charge is 0.141 e. The third-order valence-electron chi connectivity index (χ3n) is 4.17. The zero-order valence-electron chi connectivity index (χ0n) is 12.7. The van der Waals surface area contributed by atoms with Gasteiger partial charge in [-0.25, -0.2) is 9.97 Å². The zero-order valence-corrected chi connectivity index (χ0v) is 13.5. The van der Waals surface area contributed by atoms with Gasteiger partial charge in [0.2, 0.25) is 0 Å². The minimum absolute atomic E-state index is 0.411. The van der Waals surface area contributed by atoms with Gasteiger partial charge < -0.3 is 4.90 Å². The van der Waals surface area contributed by atoms with Crippen LogP contribution in [0.4, 0.5) is 11.5 Å². The highest BCUT2D eigenvalue weighted by Gasteiger charge is 2.27. The van der Waals surface area contributed by atoms with E-state index in [1.54, 1.807) is 0 Å². The number of benzene rings is 1. The molecule has 1 atom stereocenters. The van der Waals surface area contributed by atoms with Crippen molar-refractivity contribution < 1.29 is 0 Å². The maximum Gasteiger partial charge on any atom is 0.141 e. The van der Waals surface area contributed by atoms with Gasteiger partial charge in [-0.1, -0.05) is 36.7 Å². The van der Waals surface area contributed by atoms with Crippen LogP contribution < -0.4 is 4.90 Å². The van der Waals surface area contributed by atoms with Crippen LogP contribution in [0.5, 0.6) is 0 Å². The number of aryl methyl sites for hydroxylation is 2. The lowest BCUT2D eigenvalue weighted by Crippen LogP contribution is -2.34. The van der Waals surface area contributed by atoms with Crippen molar-refractivity contribution in [2.75, 3.05) is 4.90 Å². The number of anilines is 2. The fourth-order valence-electron chi connectivity index (χ4n) is 2.92. The summed E-state index contributed by atoms with van der Waals surface area (Å²) in [7, 11) is 0. The second kappa shape index (κ2) is 5.64. The molecule has 1 aromatic heterocycles. The molecule has 1 unspecified atom stereocenters. The summed E-state index contributed by atoms with van der Waals surface area (Å²) in [6.45, 7) is 6.30. The Balaban J connectivity index is 2.18. The molecule has 0 spiro atoms. The molecule has 2 aromatic rings. The van der Waals surface area contributed by atoms with Crippen molar-refractivity contribution in [2.45, 2.75) is 46.1 Å². The van der Waals surface area contributed by atoms with E-state index < -0.39 is 0 Å². The Hall–Kier alpha value is -1.61. The summed E-state index contributed by atoms with van der Waals surface area (Å²) in [5, 5.41) is 0.562. The first-order valence-electron chi connectivity index (χ1n) is 7.52. The molecule has 3 nitrogen and oxygen atoms in total. The fourth-order valence-corrected chi connectivity index (χ4v) is 3.11. The lowest BCUT2D eigenvalue weighted by molar-refractivity contribution is 0.610. The molecule has 0 fully saturated rings. The standard InChI is InChI=1S/C17H20ClN3/c1-4-15-19-16(18)12(3)17(20-15)21-11(2)9-10-13-7-5-6-8-14(13)21/h5-8,11H,4,9-10H2,1-3H3. The maximum atomic E-state index is 6.31. The fraction of sp³-hybridized carbons (Fsp3) is 0.412. The van der Waals surface area contributed by atoms with Crippen LogP contribution in [-0.4, -0.2) is 16.0 Å². The first-order chi connectivity index (χ1) is 10.1. The first-order valence-corrected chi connectivity index (χ1v) is 7.89. The van der Waals surface area contributed by atoms with Crippen molar-refractivity contribution in [3.05, 3.63) is 46.4 Å². The number of halogens is 1. The van der Waals surface area contributed by atoms with Gasteiger partial charge in [-0.2, -0.15) is 0 Å². The Labute approximate surface area is 131 Å². The highest BCUT2D eigenvalue weighted by molar-refractivity contribution is 6.30. The topological polar surface area (TPSA) is 29.0 Å². The lowest BCUT2D eigenvalue weighted by Gasteiger charge is -2.37. The van der Waals surface area contributed by atoms with E-state index in [0.29, 0.717) is 11.2 Å². The van der Waals surface area contributed by atoms with Gasteiger partial charge in [-0.05, 0) is 38.3 Å². The molecule has 0 bridgehead atoms. The average Bonchev–Trinajstić information content (AvgIpc) is 2.50. The average molecular weight is 302 g/mol. The summed E-state index contributed by atoms with van der Waals surface area (Å²) in [5.41, 5.74) is 3.58. The molecule has 2 heterocycles. The van der Waals surface area contributed by atoms with E-state index in [4.69, 9.17) is 16.6 Å². The van der Waals surface area contributed by atoms with E-state index >= 15 is 0 Å². The van der Waals surface area contributed by atoms with Crippen molar-refractivity contribution in [3.63, 3.8) is 0 Å². The van der Waals surface area contributed by atoms with Crippen LogP contribution in [0, 0.1) is 6.92 Å². The second-order valence-corrected chi connectivity index (χ2v) is 5.98. The largest absolute Gasteiger partial charge is 0.323 e. The molecule has 1 aliphatic rings. The number of rotatable bonds is 2. The second-order valence-electron chi connectivity index (χ2n) is 5.62. The molecule has 0 saturated carbocycles. The molecule has 0 saturated heterocycles. The summed E-state index contributed by atoms with van der Waals surface area (Å²) in [6, 6.07) is 8.97. The third kappa shape index (κ3) is 2.51. The predicted octanol–water partition coefficient (Wildman–Crippen LogP) is 4.47. The van der Waals surface area contributed by atoms with Gasteiger partial charge in [0.05, 0.1) is 0 Å². The lowest BCUT2D eigenvalue weighted by atomic mass is 9.96. The van der Waals surface area contributed by atoms with Gasteiger partial charge in [0.25, 0.3) is 0 Å². The van der Waals surface area contributed by atoms with Crippen LogP contribution in [0.25, 0.3) is 0 Å². The highest BCUT2D eigenvalue weighted by atomic mass is 35.5. The van der Waals surface area contributed by atoms with E-state index in [-0.39, 0.29) is 0 Å². The van der Waals surface area contributed by atoms with Gasteiger partial charge in [-0.15, -0.1) is 0 Å². The Bertz CT molecular complexity index is 669. The van der Waals surface area contributed by atoms with Crippen LogP contribution >= 0.6 is 11.6 Å². The molecular weight excluding hydrogens is 282 g/mol. The van der Waals surface area contributed by atoms with Crippen LogP contribution in [0.15, 0.2) is 24.3 Å². The zero-order chi connectivity index (χ0) is 15.0. The van der Waals surface area contributed by atoms with Gasteiger partial charge in [-0.3, -0.25) is 0 Å². The maximum absolute atomic E-state index is 6.31. The number of hydrogen-bond acceptors (Lipinski definition) is 3. The number of aromatic nitrogens is 2. The Kier molecular flexibility index (Phi) is 3.85. The van der Waals surface area contributed by atoms with Crippen molar-refractivity contribution in [1.82, 2.24) is 9.97 Å². The number of fused-ring (bicyclic) bond motifs is 1. The van der Waals surface area contributed by atoms with Crippen molar-refractivity contribution in [3.8, 4) is 0 Å². The Morgan fingerprint density at radius 3 is 2.81 bits per heavy atom. The van der Waals surface area contributed by atoms with Crippen molar-refractivity contribution in [1.29, 1.82) is 0 Å².